The maximum Gasteiger partial charge on any atom is 0.262 e. The van der Waals surface area contributed by atoms with Gasteiger partial charge in [0, 0.05) is 61.2 Å². The smallest absolute Gasteiger partial charge is 0.262 e. The number of amides is 2. The van der Waals surface area contributed by atoms with E-state index in [-0.39, 0.29) is 23.4 Å². The molecule has 4 aromatic rings. The lowest BCUT2D eigenvalue weighted by Gasteiger charge is -2.38. The molecular weight excluding hydrogens is 572 g/mol. The largest absolute Gasteiger partial charge is 0.497 e. The lowest BCUT2D eigenvalue weighted by Crippen LogP contribution is -2.47. The first kappa shape index (κ1) is 30.1. The van der Waals surface area contributed by atoms with Crippen LogP contribution in [0.2, 0.25) is 0 Å². The van der Waals surface area contributed by atoms with Gasteiger partial charge in [0.1, 0.15) is 28.8 Å². The van der Waals surface area contributed by atoms with Crippen LogP contribution in [0, 0.1) is 0 Å². The van der Waals surface area contributed by atoms with Crippen LogP contribution >= 0.6 is 0 Å². The molecule has 1 aromatic heterocycles. The predicted molar refractivity (Wildman–Crippen MR) is 174 cm³/mol. The second-order valence-corrected chi connectivity index (χ2v) is 11.7. The summed E-state index contributed by atoms with van der Waals surface area (Å²) in [6.45, 7) is 2.74. The van der Waals surface area contributed by atoms with E-state index in [0.29, 0.717) is 47.1 Å². The van der Waals surface area contributed by atoms with Crippen LogP contribution < -0.4 is 30.6 Å². The van der Waals surface area contributed by atoms with Crippen LogP contribution in [0.3, 0.4) is 0 Å². The van der Waals surface area contributed by atoms with Crippen LogP contribution in [0.4, 0.5) is 11.4 Å². The third-order valence-electron chi connectivity index (χ3n) is 8.76. The molecule has 2 fully saturated rings. The Kier molecular flexibility index (Phi) is 8.70. The Labute approximate surface area is 261 Å². The quantitative estimate of drug-likeness (QED) is 0.242. The van der Waals surface area contributed by atoms with Crippen LogP contribution in [0.25, 0.3) is 22.3 Å². The molecule has 2 saturated heterocycles. The Balaban J connectivity index is 1.04. The normalized spacial score (nSPS) is 17.4. The Morgan fingerprint density at radius 1 is 0.956 bits per heavy atom. The van der Waals surface area contributed by atoms with Crippen molar-refractivity contribution >= 4 is 34.1 Å². The monoisotopic (exact) mass is 610 g/mol. The molecule has 0 aliphatic carbocycles. The number of H-pyrrole nitrogens is 1. The number of nitrogens with one attached hydrogen (secondary N) is 3. The van der Waals surface area contributed by atoms with Gasteiger partial charge in [0.05, 0.1) is 19.7 Å². The highest BCUT2D eigenvalue weighted by Crippen LogP contribution is 2.30. The number of ether oxygens (including phenoxy) is 2. The van der Waals surface area contributed by atoms with E-state index in [1.807, 2.05) is 24.3 Å². The molecular formula is C34H38N6O5. The number of benzene rings is 3. The first-order valence-corrected chi connectivity index (χ1v) is 15.2. The van der Waals surface area contributed by atoms with Gasteiger partial charge >= 0.3 is 0 Å². The first-order chi connectivity index (χ1) is 21.8. The number of rotatable bonds is 9. The molecule has 2 amide bonds. The maximum atomic E-state index is 12.9. The minimum absolute atomic E-state index is 0.211. The second kappa shape index (κ2) is 13.0. The third kappa shape index (κ3) is 6.63. The van der Waals surface area contributed by atoms with Gasteiger partial charge < -0.3 is 24.7 Å². The van der Waals surface area contributed by atoms with Gasteiger partial charge in [-0.15, -0.1) is 0 Å². The predicted octanol–water partition coefficient (Wildman–Crippen LogP) is 3.93. The molecule has 3 N–H and O–H groups in total. The Morgan fingerprint density at radius 2 is 1.69 bits per heavy atom. The van der Waals surface area contributed by atoms with Crippen molar-refractivity contribution in [1.29, 1.82) is 0 Å². The number of aromatic amines is 1. The highest BCUT2D eigenvalue weighted by atomic mass is 16.5. The van der Waals surface area contributed by atoms with E-state index >= 15 is 0 Å². The lowest BCUT2D eigenvalue weighted by atomic mass is 10.0. The molecule has 1 unspecified atom stereocenters. The van der Waals surface area contributed by atoms with Crippen LogP contribution in [0.5, 0.6) is 11.5 Å². The van der Waals surface area contributed by atoms with Crippen molar-refractivity contribution in [3.05, 3.63) is 76.6 Å². The first-order valence-electron chi connectivity index (χ1n) is 15.2. The molecule has 0 saturated carbocycles. The van der Waals surface area contributed by atoms with Crippen molar-refractivity contribution in [2.75, 3.05) is 44.6 Å². The number of hydrogen-bond acceptors (Lipinski definition) is 9. The van der Waals surface area contributed by atoms with Crippen LogP contribution in [0.15, 0.2) is 65.5 Å². The minimum atomic E-state index is -0.383. The molecule has 0 bridgehead atoms. The lowest BCUT2D eigenvalue weighted by molar-refractivity contribution is -0.133. The molecule has 234 valence electrons. The summed E-state index contributed by atoms with van der Waals surface area (Å²) in [6, 6.07) is 19.8. The van der Waals surface area contributed by atoms with Gasteiger partial charge in [-0.2, -0.15) is 0 Å². The highest BCUT2D eigenvalue weighted by Gasteiger charge is 2.26. The summed E-state index contributed by atoms with van der Waals surface area (Å²) in [5, 5.41) is 6.02. The molecule has 1 atom stereocenters. The Bertz CT molecular complexity index is 1750. The fourth-order valence-electron chi connectivity index (χ4n) is 6.18. The van der Waals surface area contributed by atoms with Crippen LogP contribution in [-0.2, 0) is 16.1 Å². The minimum Gasteiger partial charge on any atom is -0.497 e. The molecule has 11 nitrogen and oxygen atoms in total. The van der Waals surface area contributed by atoms with Gasteiger partial charge in [0.2, 0.25) is 11.8 Å². The maximum absolute atomic E-state index is 12.9. The molecule has 2 aliphatic heterocycles. The molecule has 11 heteroatoms. The number of carbonyl (C=O) groups excluding carboxylic acids is 2. The van der Waals surface area contributed by atoms with Crippen molar-refractivity contribution in [1.82, 2.24) is 20.2 Å². The van der Waals surface area contributed by atoms with Crippen molar-refractivity contribution in [3.63, 3.8) is 0 Å². The zero-order valence-corrected chi connectivity index (χ0v) is 25.8. The van der Waals surface area contributed by atoms with E-state index in [1.165, 1.54) is 12.7 Å². The topological polar surface area (TPSA) is 129 Å². The number of methoxy groups -OCH3 is 2. The Hall–Kier alpha value is -4.90. The fourth-order valence-corrected chi connectivity index (χ4v) is 6.18. The second-order valence-electron chi connectivity index (χ2n) is 11.7. The summed E-state index contributed by atoms with van der Waals surface area (Å²) in [5.74, 6) is 1.02. The number of carbonyl (C=O) groups is 2. The Morgan fingerprint density at radius 3 is 2.36 bits per heavy atom. The average Bonchev–Trinajstić information content (AvgIpc) is 3.06. The molecule has 2 aliphatic rings. The van der Waals surface area contributed by atoms with Gasteiger partial charge in [0.15, 0.2) is 0 Å². The van der Waals surface area contributed by atoms with Gasteiger partial charge in [-0.3, -0.25) is 24.6 Å². The van der Waals surface area contributed by atoms with E-state index in [9.17, 15) is 14.4 Å². The van der Waals surface area contributed by atoms with E-state index < -0.39 is 0 Å². The summed E-state index contributed by atoms with van der Waals surface area (Å²) in [6.07, 6.45) is 2.97. The number of piperidine rings is 2. The molecule has 6 rings (SSSR count). The molecule has 3 heterocycles. The van der Waals surface area contributed by atoms with Gasteiger partial charge in [-0.25, -0.2) is 4.98 Å². The SMILES string of the molecule is COc1cc(OC)c2c(=O)[nH]c(-c3ccc(N4CCC(N(C)Cc5ccc(NC6CCC(=O)NC6=O)cc5)CC4)cc3)nc2c1. The van der Waals surface area contributed by atoms with E-state index in [4.69, 9.17) is 14.5 Å². The average molecular weight is 611 g/mol. The van der Waals surface area contributed by atoms with Crippen molar-refractivity contribution in [3.8, 4) is 22.9 Å². The third-order valence-corrected chi connectivity index (χ3v) is 8.76. The van der Waals surface area contributed by atoms with Gasteiger partial charge in [0.25, 0.3) is 5.56 Å². The summed E-state index contributed by atoms with van der Waals surface area (Å²) >= 11 is 0. The van der Waals surface area contributed by atoms with Gasteiger partial charge in [-0.1, -0.05) is 12.1 Å². The van der Waals surface area contributed by atoms with Crippen molar-refractivity contribution < 1.29 is 19.1 Å². The highest BCUT2D eigenvalue weighted by molar-refractivity contribution is 6.01. The number of hydrogen-bond donors (Lipinski definition) is 3. The number of nitrogens with zero attached hydrogens (tertiary/aromatic N) is 3. The standard InChI is InChI=1S/C34H38N6O5/c1-39(20-21-4-8-23(9-5-21)35-27-12-13-30(41)37-33(27)42)24-14-16-40(17-15-24)25-10-6-22(7-11-25)32-36-28-18-26(44-2)19-29(45-3)31(28)34(43)38-32/h4-11,18-19,24,27,35H,12-17,20H2,1-3H3,(H,36,38,43)(H,37,41,42). The van der Waals surface area contributed by atoms with Crippen molar-refractivity contribution in [2.24, 2.45) is 0 Å². The zero-order valence-electron chi connectivity index (χ0n) is 25.8. The van der Waals surface area contributed by atoms with E-state index in [2.05, 4.69) is 56.7 Å². The molecule has 0 radical (unpaired) electrons. The van der Waals surface area contributed by atoms with E-state index in [1.54, 1.807) is 19.2 Å². The van der Waals surface area contributed by atoms with Crippen LogP contribution in [0.1, 0.15) is 31.2 Å². The summed E-state index contributed by atoms with van der Waals surface area (Å²) in [4.78, 5) is 48.8. The van der Waals surface area contributed by atoms with E-state index in [0.717, 1.165) is 49.4 Å². The number of fused-ring (bicyclic) bond motifs is 1. The molecule has 0 spiro atoms. The fraction of sp³-hybridized carbons (Fsp3) is 0.353. The zero-order chi connectivity index (χ0) is 31.5. The number of anilines is 2. The van der Waals surface area contributed by atoms with Gasteiger partial charge in [-0.05, 0) is 68.3 Å². The van der Waals surface area contributed by atoms with Crippen molar-refractivity contribution in [2.45, 2.75) is 44.3 Å². The number of aromatic nitrogens is 2. The molecule has 45 heavy (non-hydrogen) atoms. The number of imide groups is 1. The van der Waals surface area contributed by atoms with Crippen LogP contribution in [-0.4, -0.2) is 73.1 Å². The summed E-state index contributed by atoms with van der Waals surface area (Å²) in [7, 11) is 5.26. The summed E-state index contributed by atoms with van der Waals surface area (Å²) in [5.41, 5.74) is 4.31. The summed E-state index contributed by atoms with van der Waals surface area (Å²) < 4.78 is 10.8. The molecule has 3 aromatic carbocycles.